The molecule has 1 fully saturated rings. The monoisotopic (exact) mass is 350 g/mol. The molecule has 3 rings (SSSR count). The van der Waals surface area contributed by atoms with Crippen LogP contribution >= 0.6 is 11.6 Å². The van der Waals surface area contributed by atoms with Crippen LogP contribution in [0.5, 0.6) is 5.75 Å². The van der Waals surface area contributed by atoms with Gasteiger partial charge in [0.05, 0.1) is 18.8 Å². The summed E-state index contributed by atoms with van der Waals surface area (Å²) in [4.78, 5) is 14.8. The number of ether oxygens (including phenoxy) is 2. The van der Waals surface area contributed by atoms with Crippen molar-refractivity contribution in [3.05, 3.63) is 34.4 Å². The molecule has 1 N–H and O–H groups in total. The van der Waals surface area contributed by atoms with E-state index < -0.39 is 0 Å². The first kappa shape index (κ1) is 17.3. The Morgan fingerprint density at radius 1 is 1.33 bits per heavy atom. The second-order valence-electron chi connectivity index (χ2n) is 6.73. The maximum absolute atomic E-state index is 12.5. The Kier molecular flexibility index (Phi) is 5.13. The van der Waals surface area contributed by atoms with Gasteiger partial charge in [-0.05, 0) is 38.1 Å². The molecule has 1 amide bonds. The van der Waals surface area contributed by atoms with Crippen LogP contribution in [0.4, 0.5) is 0 Å². The fourth-order valence-corrected chi connectivity index (χ4v) is 3.15. The Balaban J connectivity index is 1.63. The Morgan fingerprint density at radius 2 is 2.08 bits per heavy atom. The van der Waals surface area contributed by atoms with Gasteiger partial charge in [-0.2, -0.15) is 0 Å². The van der Waals surface area contributed by atoms with Crippen molar-refractivity contribution in [2.45, 2.75) is 19.4 Å². The summed E-state index contributed by atoms with van der Waals surface area (Å²) >= 11 is 6.01. The molecule has 0 aromatic heterocycles. The van der Waals surface area contributed by atoms with Gasteiger partial charge in [-0.25, -0.2) is 0 Å². The predicted molar refractivity (Wildman–Crippen MR) is 94.4 cm³/mol. The van der Waals surface area contributed by atoms with Crippen molar-refractivity contribution in [2.24, 2.45) is 0 Å². The van der Waals surface area contributed by atoms with Gasteiger partial charge in [0, 0.05) is 35.8 Å². The van der Waals surface area contributed by atoms with Crippen molar-refractivity contribution < 1.29 is 14.3 Å². The highest BCUT2D eigenvalue weighted by Crippen LogP contribution is 2.29. The maximum Gasteiger partial charge on any atom is 0.250 e. The highest BCUT2D eigenvalue weighted by molar-refractivity contribution is 6.30. The molecule has 1 aromatic carbocycles. The number of carbonyl (C=O) groups is 1. The summed E-state index contributed by atoms with van der Waals surface area (Å²) in [5, 5.41) is 3.66. The molecule has 0 radical (unpaired) electrons. The van der Waals surface area contributed by atoms with Gasteiger partial charge in [-0.15, -0.1) is 0 Å². The first-order valence-electron chi connectivity index (χ1n) is 8.20. The zero-order chi connectivity index (χ0) is 17.2. The molecule has 1 aromatic rings. The maximum atomic E-state index is 12.5. The molecule has 2 heterocycles. The van der Waals surface area contributed by atoms with E-state index in [0.717, 1.165) is 37.6 Å². The van der Waals surface area contributed by atoms with Gasteiger partial charge in [0.1, 0.15) is 12.4 Å². The van der Waals surface area contributed by atoms with Crippen LogP contribution in [0.1, 0.15) is 19.4 Å². The van der Waals surface area contributed by atoms with Crippen molar-refractivity contribution in [3.8, 4) is 5.75 Å². The fraction of sp³-hybridized carbons (Fsp3) is 0.500. The number of halogens is 1. The Labute approximate surface area is 147 Å². The van der Waals surface area contributed by atoms with Crippen LogP contribution in [-0.4, -0.2) is 55.8 Å². The lowest BCUT2D eigenvalue weighted by atomic mass is 10.0. The topological polar surface area (TPSA) is 50.8 Å². The number of carbonyl (C=O) groups excluding carboxylic acids is 1. The summed E-state index contributed by atoms with van der Waals surface area (Å²) in [5.74, 6) is 0.659. The van der Waals surface area contributed by atoms with E-state index in [4.69, 9.17) is 21.1 Å². The smallest absolute Gasteiger partial charge is 0.250 e. The molecule has 130 valence electrons. The molecule has 2 aliphatic rings. The van der Waals surface area contributed by atoms with E-state index >= 15 is 0 Å². The lowest BCUT2D eigenvalue weighted by Crippen LogP contribution is -2.55. The lowest BCUT2D eigenvalue weighted by molar-refractivity contribution is -0.118. The van der Waals surface area contributed by atoms with Crippen LogP contribution in [0.2, 0.25) is 5.02 Å². The molecule has 0 aliphatic carbocycles. The molecule has 6 heteroatoms. The summed E-state index contributed by atoms with van der Waals surface area (Å²) in [6.45, 7) is 8.39. The number of nitrogens with zero attached hydrogens (tertiary/aromatic N) is 1. The minimum Gasteiger partial charge on any atom is -0.488 e. The lowest BCUT2D eigenvalue weighted by Gasteiger charge is -2.40. The number of amides is 1. The summed E-state index contributed by atoms with van der Waals surface area (Å²) in [6.07, 6.45) is 1.85. The molecule has 0 saturated carbocycles. The summed E-state index contributed by atoms with van der Waals surface area (Å²) < 4.78 is 11.0. The molecule has 1 saturated heterocycles. The molecular formula is C18H23ClN2O3. The van der Waals surface area contributed by atoms with Gasteiger partial charge in [-0.3, -0.25) is 9.69 Å². The van der Waals surface area contributed by atoms with Crippen molar-refractivity contribution in [1.29, 1.82) is 0 Å². The highest BCUT2D eigenvalue weighted by atomic mass is 35.5. The minimum absolute atomic E-state index is 0.0954. The zero-order valence-corrected chi connectivity index (χ0v) is 14.9. The standard InChI is InChI=1S/C18H23ClN2O3/c1-18(2,21-5-7-23-8-6-21)12-20-17(22)14-9-13-10-15(19)3-4-16(13)24-11-14/h3-4,9-10H,5-8,11-12H2,1-2H3,(H,20,22). The van der Waals surface area contributed by atoms with Crippen molar-refractivity contribution >= 4 is 23.6 Å². The Bertz CT molecular complexity index is 652. The molecule has 0 unspecified atom stereocenters. The van der Waals surface area contributed by atoms with Crippen LogP contribution in [0.15, 0.2) is 23.8 Å². The fourth-order valence-electron chi connectivity index (χ4n) is 2.97. The van der Waals surface area contributed by atoms with E-state index in [1.54, 1.807) is 12.1 Å². The molecule has 5 nitrogen and oxygen atoms in total. The average Bonchev–Trinajstić information content (AvgIpc) is 2.60. The molecule has 0 bridgehead atoms. The normalized spacial score (nSPS) is 18.4. The third kappa shape index (κ3) is 3.91. The first-order chi connectivity index (χ1) is 11.5. The third-order valence-electron chi connectivity index (χ3n) is 4.53. The number of hydrogen-bond donors (Lipinski definition) is 1. The third-order valence-corrected chi connectivity index (χ3v) is 4.76. The van der Waals surface area contributed by atoms with E-state index in [0.29, 0.717) is 17.1 Å². The first-order valence-corrected chi connectivity index (χ1v) is 8.57. The molecule has 2 aliphatic heterocycles. The van der Waals surface area contributed by atoms with Crippen LogP contribution in [-0.2, 0) is 9.53 Å². The van der Waals surface area contributed by atoms with E-state index in [2.05, 4.69) is 24.1 Å². The van der Waals surface area contributed by atoms with Gasteiger partial charge in [0.15, 0.2) is 0 Å². The highest BCUT2D eigenvalue weighted by Gasteiger charge is 2.29. The number of morpholine rings is 1. The second-order valence-corrected chi connectivity index (χ2v) is 7.17. The van der Waals surface area contributed by atoms with Gasteiger partial charge >= 0.3 is 0 Å². The molecule has 24 heavy (non-hydrogen) atoms. The van der Waals surface area contributed by atoms with Crippen LogP contribution < -0.4 is 10.1 Å². The van der Waals surface area contributed by atoms with E-state index in [9.17, 15) is 4.79 Å². The number of rotatable bonds is 4. The molecule has 0 atom stereocenters. The van der Waals surface area contributed by atoms with Crippen molar-refractivity contribution in [2.75, 3.05) is 39.5 Å². The van der Waals surface area contributed by atoms with E-state index in [1.165, 1.54) is 0 Å². The quantitative estimate of drug-likeness (QED) is 0.905. The predicted octanol–water partition coefficient (Wildman–Crippen LogP) is 2.34. The summed E-state index contributed by atoms with van der Waals surface area (Å²) in [7, 11) is 0. The van der Waals surface area contributed by atoms with Gasteiger partial charge in [0.2, 0.25) is 0 Å². The van der Waals surface area contributed by atoms with Crippen LogP contribution in [0.25, 0.3) is 6.08 Å². The number of benzene rings is 1. The van der Waals surface area contributed by atoms with Gasteiger partial charge in [-0.1, -0.05) is 11.6 Å². The minimum atomic E-state index is -0.114. The number of hydrogen-bond acceptors (Lipinski definition) is 4. The Hall–Kier alpha value is -1.56. The molecular weight excluding hydrogens is 328 g/mol. The SMILES string of the molecule is CC(C)(CNC(=O)C1=Cc2cc(Cl)ccc2OC1)N1CCOCC1. The van der Waals surface area contributed by atoms with E-state index in [1.807, 2.05) is 12.1 Å². The number of nitrogens with one attached hydrogen (secondary N) is 1. The van der Waals surface area contributed by atoms with Crippen molar-refractivity contribution in [3.63, 3.8) is 0 Å². The van der Waals surface area contributed by atoms with Gasteiger partial charge < -0.3 is 14.8 Å². The average molecular weight is 351 g/mol. The largest absolute Gasteiger partial charge is 0.488 e. The second kappa shape index (κ2) is 7.13. The number of fused-ring (bicyclic) bond motifs is 1. The molecule has 0 spiro atoms. The summed E-state index contributed by atoms with van der Waals surface area (Å²) in [5.41, 5.74) is 1.34. The Morgan fingerprint density at radius 3 is 2.83 bits per heavy atom. The van der Waals surface area contributed by atoms with Crippen molar-refractivity contribution in [1.82, 2.24) is 10.2 Å². The zero-order valence-electron chi connectivity index (χ0n) is 14.1. The van der Waals surface area contributed by atoms with E-state index in [-0.39, 0.29) is 18.1 Å². The van der Waals surface area contributed by atoms with Crippen LogP contribution in [0, 0.1) is 0 Å². The summed E-state index contributed by atoms with van der Waals surface area (Å²) in [6, 6.07) is 5.41. The van der Waals surface area contributed by atoms with Gasteiger partial charge in [0.25, 0.3) is 5.91 Å². The van der Waals surface area contributed by atoms with Crippen LogP contribution in [0.3, 0.4) is 0 Å².